The third-order valence-electron chi connectivity index (χ3n) is 2.94. The zero-order valence-electron chi connectivity index (χ0n) is 9.36. The summed E-state index contributed by atoms with van der Waals surface area (Å²) in [5.74, 6) is 0.839. The van der Waals surface area contributed by atoms with E-state index >= 15 is 0 Å². The summed E-state index contributed by atoms with van der Waals surface area (Å²) in [4.78, 5) is 4.34. The zero-order chi connectivity index (χ0) is 11.6. The smallest absolute Gasteiger partial charge is 0.170 e. The van der Waals surface area contributed by atoms with Crippen molar-refractivity contribution in [2.75, 3.05) is 7.05 Å². The molecule has 0 aromatic carbocycles. The molecule has 16 heavy (non-hydrogen) atoms. The Hall–Kier alpha value is -0.640. The average Bonchev–Trinajstić information content (AvgIpc) is 2.87. The molecule has 6 heteroatoms. The highest BCUT2D eigenvalue weighted by Crippen LogP contribution is 2.40. The minimum Gasteiger partial charge on any atom is -0.302 e. The van der Waals surface area contributed by atoms with E-state index in [-0.39, 0.29) is 5.54 Å². The predicted molar refractivity (Wildman–Crippen MR) is 65.5 cm³/mol. The Labute approximate surface area is 104 Å². The number of nitrogens with one attached hydrogen (secondary N) is 1. The molecule has 1 aliphatic rings. The molecule has 1 N–H and O–H groups in total. The van der Waals surface area contributed by atoms with Crippen molar-refractivity contribution in [3.05, 3.63) is 5.82 Å². The van der Waals surface area contributed by atoms with E-state index < -0.39 is 0 Å². The number of hydrogen-bond donors (Lipinski definition) is 1. The average molecular weight is 254 g/mol. The molecule has 0 aliphatic heterocycles. The van der Waals surface area contributed by atoms with Crippen LogP contribution in [-0.4, -0.2) is 27.2 Å². The Kier molecular flexibility index (Phi) is 3.47. The number of aryl methyl sites for hydroxylation is 1. The molecule has 2 unspecified atom stereocenters. The van der Waals surface area contributed by atoms with Gasteiger partial charge in [0.2, 0.25) is 0 Å². The summed E-state index contributed by atoms with van der Waals surface area (Å²) < 4.78 is 5.19. The fourth-order valence-electron chi connectivity index (χ4n) is 1.95. The van der Waals surface area contributed by atoms with Gasteiger partial charge in [-0.15, -0.1) is 0 Å². The maximum atomic E-state index is 9.16. The van der Waals surface area contributed by atoms with Gasteiger partial charge < -0.3 is 5.32 Å². The van der Waals surface area contributed by atoms with E-state index in [0.717, 1.165) is 29.4 Å². The fourth-order valence-corrected chi connectivity index (χ4v) is 4.14. The van der Waals surface area contributed by atoms with Crippen molar-refractivity contribution in [3.63, 3.8) is 0 Å². The van der Waals surface area contributed by atoms with Crippen LogP contribution in [0.5, 0.6) is 0 Å². The van der Waals surface area contributed by atoms with E-state index in [4.69, 9.17) is 5.26 Å². The number of rotatable bonds is 3. The van der Waals surface area contributed by atoms with Crippen molar-refractivity contribution in [2.24, 2.45) is 0 Å². The number of thioether (sulfide) groups is 1. The second-order valence-electron chi connectivity index (χ2n) is 4.03. The third kappa shape index (κ3) is 2.37. The van der Waals surface area contributed by atoms with E-state index in [9.17, 15) is 0 Å². The number of aromatic nitrogens is 2. The third-order valence-corrected chi connectivity index (χ3v) is 5.08. The molecule has 0 saturated heterocycles. The summed E-state index contributed by atoms with van der Waals surface area (Å²) in [6.07, 6.45) is 2.89. The quantitative estimate of drug-likeness (QED) is 0.893. The predicted octanol–water partition coefficient (Wildman–Crippen LogP) is 1.97. The lowest BCUT2D eigenvalue weighted by Gasteiger charge is -2.19. The largest absolute Gasteiger partial charge is 0.302 e. The molecule has 86 valence electrons. The van der Waals surface area contributed by atoms with Crippen LogP contribution in [0, 0.1) is 18.3 Å². The van der Waals surface area contributed by atoms with Gasteiger partial charge in [-0.1, -0.05) is 11.8 Å². The van der Waals surface area contributed by atoms with Crippen molar-refractivity contribution in [3.8, 4) is 6.07 Å². The molecule has 2 atom stereocenters. The van der Waals surface area contributed by atoms with Gasteiger partial charge in [-0.25, -0.2) is 4.98 Å². The van der Waals surface area contributed by atoms with Gasteiger partial charge in [-0.05, 0) is 44.8 Å². The van der Waals surface area contributed by atoms with Crippen LogP contribution < -0.4 is 5.32 Å². The molecule has 1 aliphatic carbocycles. The van der Waals surface area contributed by atoms with Gasteiger partial charge >= 0.3 is 0 Å². The van der Waals surface area contributed by atoms with Crippen molar-refractivity contribution in [1.29, 1.82) is 5.26 Å². The minimum absolute atomic E-state index is 0.322. The van der Waals surface area contributed by atoms with Gasteiger partial charge in [0, 0.05) is 5.25 Å². The normalized spacial score (nSPS) is 29.2. The first-order chi connectivity index (χ1) is 7.67. The summed E-state index contributed by atoms with van der Waals surface area (Å²) >= 11 is 3.21. The lowest BCUT2D eigenvalue weighted by molar-refractivity contribution is 0.464. The Morgan fingerprint density at radius 2 is 2.50 bits per heavy atom. The van der Waals surface area contributed by atoms with Gasteiger partial charge in [-0.3, -0.25) is 0 Å². The highest BCUT2D eigenvalue weighted by atomic mass is 32.2. The highest BCUT2D eigenvalue weighted by molar-refractivity contribution is 8.01. The summed E-state index contributed by atoms with van der Waals surface area (Å²) in [6, 6.07) is 2.39. The van der Waals surface area contributed by atoms with Crippen molar-refractivity contribution in [2.45, 2.75) is 41.3 Å². The van der Waals surface area contributed by atoms with Crippen LogP contribution in [0.25, 0.3) is 0 Å². The Bertz CT molecular complexity index is 411. The Balaban J connectivity index is 1.97. The monoisotopic (exact) mass is 254 g/mol. The fraction of sp³-hybridized carbons (Fsp3) is 0.700. The second-order valence-corrected chi connectivity index (χ2v) is 6.33. The number of nitrogens with zero attached hydrogens (tertiary/aromatic N) is 3. The molecule has 2 rings (SSSR count). The SMILES string of the molecule is CNC1(C#N)CCC(Sc2nc(C)ns2)C1. The summed E-state index contributed by atoms with van der Waals surface area (Å²) in [5.41, 5.74) is -0.322. The maximum Gasteiger partial charge on any atom is 0.170 e. The summed E-state index contributed by atoms with van der Waals surface area (Å²) in [5, 5.41) is 12.8. The van der Waals surface area contributed by atoms with Crippen molar-refractivity contribution in [1.82, 2.24) is 14.7 Å². The molecule has 4 nitrogen and oxygen atoms in total. The zero-order valence-corrected chi connectivity index (χ0v) is 11.0. The van der Waals surface area contributed by atoms with E-state index in [0.29, 0.717) is 5.25 Å². The van der Waals surface area contributed by atoms with Gasteiger partial charge in [-0.2, -0.15) is 9.64 Å². The number of hydrogen-bond acceptors (Lipinski definition) is 6. The standard InChI is InChI=1S/C10H14N4S2/c1-7-13-9(16-14-7)15-8-3-4-10(5-8,6-11)12-2/h8,12H,3-5H2,1-2H3. The van der Waals surface area contributed by atoms with E-state index in [1.807, 2.05) is 14.0 Å². The highest BCUT2D eigenvalue weighted by Gasteiger charge is 2.38. The first-order valence-corrected chi connectivity index (χ1v) is 6.90. The van der Waals surface area contributed by atoms with Gasteiger partial charge in [0.05, 0.1) is 6.07 Å². The van der Waals surface area contributed by atoms with Crippen LogP contribution in [0.4, 0.5) is 0 Å². The lowest BCUT2D eigenvalue weighted by Crippen LogP contribution is -2.38. The summed E-state index contributed by atoms with van der Waals surface area (Å²) in [6.45, 7) is 1.91. The maximum absolute atomic E-state index is 9.16. The van der Waals surface area contributed by atoms with Crippen LogP contribution >= 0.6 is 23.3 Å². The summed E-state index contributed by atoms with van der Waals surface area (Å²) in [7, 11) is 1.87. The van der Waals surface area contributed by atoms with Crippen LogP contribution in [-0.2, 0) is 0 Å². The Morgan fingerprint density at radius 1 is 1.69 bits per heavy atom. The molecule has 1 fully saturated rings. The topological polar surface area (TPSA) is 61.6 Å². The van der Waals surface area contributed by atoms with E-state index in [1.165, 1.54) is 11.5 Å². The molecular weight excluding hydrogens is 240 g/mol. The molecule has 1 saturated carbocycles. The lowest BCUT2D eigenvalue weighted by atomic mass is 10.0. The molecular formula is C10H14N4S2. The molecule has 1 heterocycles. The molecule has 0 amide bonds. The van der Waals surface area contributed by atoms with Gasteiger partial charge in [0.1, 0.15) is 11.4 Å². The molecule has 1 aromatic heterocycles. The molecule has 1 aromatic rings. The van der Waals surface area contributed by atoms with Crippen molar-refractivity contribution < 1.29 is 0 Å². The van der Waals surface area contributed by atoms with Crippen LogP contribution in [0.2, 0.25) is 0 Å². The second kappa shape index (κ2) is 4.70. The number of nitriles is 1. The molecule has 0 spiro atoms. The first-order valence-electron chi connectivity index (χ1n) is 5.24. The molecule has 0 radical (unpaired) electrons. The minimum atomic E-state index is -0.322. The first kappa shape index (κ1) is 11.8. The molecule has 0 bridgehead atoms. The van der Waals surface area contributed by atoms with Crippen LogP contribution in [0.1, 0.15) is 25.1 Å². The van der Waals surface area contributed by atoms with Crippen molar-refractivity contribution >= 4 is 23.3 Å². The van der Waals surface area contributed by atoms with E-state index in [1.54, 1.807) is 11.8 Å². The van der Waals surface area contributed by atoms with Crippen LogP contribution in [0.3, 0.4) is 0 Å². The van der Waals surface area contributed by atoms with Gasteiger partial charge in [0.25, 0.3) is 0 Å². The van der Waals surface area contributed by atoms with Crippen LogP contribution in [0.15, 0.2) is 4.34 Å². The van der Waals surface area contributed by atoms with E-state index in [2.05, 4.69) is 20.7 Å². The van der Waals surface area contributed by atoms with Gasteiger partial charge in [0.15, 0.2) is 4.34 Å². The Morgan fingerprint density at radius 3 is 3.00 bits per heavy atom.